The molecule has 1 unspecified atom stereocenters. The molecule has 3 aromatic heterocycles. The molecule has 1 N–H and O–H groups in total. The molecule has 0 radical (unpaired) electrons. The minimum Gasteiger partial charge on any atom is -0.477 e. The zero-order valence-corrected chi connectivity index (χ0v) is 19.9. The van der Waals surface area contributed by atoms with Crippen molar-refractivity contribution in [3.05, 3.63) is 35.2 Å². The fourth-order valence-electron chi connectivity index (χ4n) is 3.83. The van der Waals surface area contributed by atoms with Gasteiger partial charge in [0.2, 0.25) is 5.88 Å². The number of pyridine rings is 2. The van der Waals surface area contributed by atoms with Gasteiger partial charge in [0.1, 0.15) is 0 Å². The summed E-state index contributed by atoms with van der Waals surface area (Å²) in [5, 5.41) is 9.64. The van der Waals surface area contributed by atoms with E-state index in [1.165, 1.54) is 6.26 Å². The number of hydrogen-bond donors (Lipinski definition) is 1. The van der Waals surface area contributed by atoms with Crippen molar-refractivity contribution in [3.63, 3.8) is 0 Å². The van der Waals surface area contributed by atoms with Crippen molar-refractivity contribution < 1.29 is 18.3 Å². The van der Waals surface area contributed by atoms with Crippen molar-refractivity contribution in [1.29, 1.82) is 0 Å². The number of ether oxygens (including phenoxy) is 1. The van der Waals surface area contributed by atoms with Crippen LogP contribution in [0.25, 0.3) is 22.3 Å². The molecule has 3 heterocycles. The van der Waals surface area contributed by atoms with Crippen molar-refractivity contribution in [2.45, 2.75) is 58.4 Å². The van der Waals surface area contributed by atoms with Gasteiger partial charge < -0.3 is 14.4 Å². The first-order valence-electron chi connectivity index (χ1n) is 10.6. The van der Waals surface area contributed by atoms with Gasteiger partial charge in [-0.15, -0.1) is 0 Å². The summed E-state index contributed by atoms with van der Waals surface area (Å²) < 4.78 is 32.8. The molecule has 8 heteroatoms. The molecule has 7 nitrogen and oxygen atoms in total. The SMILES string of the molecule is CCOc1nc(CC)c(S(C)(=O)=O)cc1-c1nc2c(C)cn(C(C)CO)c2cc1CC. The molecule has 0 aliphatic rings. The summed E-state index contributed by atoms with van der Waals surface area (Å²) in [7, 11) is -3.47. The van der Waals surface area contributed by atoms with Gasteiger partial charge in [-0.3, -0.25) is 0 Å². The average Bonchev–Trinajstić information content (AvgIpc) is 3.07. The molecular weight excluding hydrogens is 414 g/mol. The van der Waals surface area contributed by atoms with Gasteiger partial charge in [0.05, 0.1) is 52.1 Å². The van der Waals surface area contributed by atoms with Crippen LogP contribution < -0.4 is 4.74 Å². The lowest BCUT2D eigenvalue weighted by molar-refractivity contribution is 0.241. The number of aryl methyl sites for hydroxylation is 3. The largest absolute Gasteiger partial charge is 0.477 e. The third-order valence-corrected chi connectivity index (χ3v) is 6.64. The first-order valence-corrected chi connectivity index (χ1v) is 12.5. The van der Waals surface area contributed by atoms with Crippen molar-refractivity contribution in [2.24, 2.45) is 0 Å². The Bertz CT molecular complexity index is 1220. The van der Waals surface area contributed by atoms with Crippen LogP contribution in [0.4, 0.5) is 0 Å². The van der Waals surface area contributed by atoms with Crippen LogP contribution in [-0.2, 0) is 22.7 Å². The van der Waals surface area contributed by atoms with Crippen LogP contribution in [0, 0.1) is 6.92 Å². The molecule has 0 aliphatic carbocycles. The number of sulfone groups is 1. The molecule has 31 heavy (non-hydrogen) atoms. The maximum atomic E-state index is 12.5. The Balaban J connectivity index is 2.38. The predicted molar refractivity (Wildman–Crippen MR) is 123 cm³/mol. The van der Waals surface area contributed by atoms with Gasteiger partial charge in [-0.1, -0.05) is 13.8 Å². The van der Waals surface area contributed by atoms with Gasteiger partial charge in [0.25, 0.3) is 0 Å². The Hall–Kier alpha value is -2.45. The Morgan fingerprint density at radius 1 is 1.16 bits per heavy atom. The number of fused-ring (bicyclic) bond motifs is 1. The van der Waals surface area contributed by atoms with Crippen LogP contribution in [0.2, 0.25) is 0 Å². The normalized spacial score (nSPS) is 13.0. The van der Waals surface area contributed by atoms with E-state index in [1.54, 1.807) is 6.07 Å². The topological polar surface area (TPSA) is 94.3 Å². The van der Waals surface area contributed by atoms with Gasteiger partial charge >= 0.3 is 0 Å². The van der Waals surface area contributed by atoms with E-state index in [2.05, 4.69) is 11.1 Å². The van der Waals surface area contributed by atoms with Gasteiger partial charge in [0, 0.05) is 12.5 Å². The summed E-state index contributed by atoms with van der Waals surface area (Å²) in [6, 6.07) is 3.65. The zero-order chi connectivity index (χ0) is 22.9. The Morgan fingerprint density at radius 2 is 1.87 bits per heavy atom. The second-order valence-electron chi connectivity index (χ2n) is 7.81. The van der Waals surface area contributed by atoms with Crippen LogP contribution in [0.3, 0.4) is 0 Å². The number of aromatic nitrogens is 3. The zero-order valence-electron chi connectivity index (χ0n) is 19.1. The Kier molecular flexibility index (Phi) is 6.71. The molecule has 0 fully saturated rings. The van der Waals surface area contributed by atoms with E-state index in [0.717, 1.165) is 22.2 Å². The lowest BCUT2D eigenvalue weighted by Crippen LogP contribution is -2.10. The molecule has 3 aromatic rings. The highest BCUT2D eigenvalue weighted by atomic mass is 32.2. The molecule has 1 atom stereocenters. The molecule has 0 spiro atoms. The molecule has 3 rings (SSSR count). The standard InChI is InChI=1S/C23H31N3O4S/c1-7-16-10-19-21(14(4)12-26(19)15(5)13-27)25-22(16)17-11-20(31(6,28)29)18(8-2)24-23(17)30-9-3/h10-12,15,27H,7-9,13H2,1-6H3. The Labute approximate surface area is 184 Å². The molecule has 0 aromatic carbocycles. The van der Waals surface area contributed by atoms with E-state index < -0.39 is 9.84 Å². The summed E-state index contributed by atoms with van der Waals surface area (Å²) in [5.41, 5.74) is 5.46. The molecule has 0 amide bonds. The quantitative estimate of drug-likeness (QED) is 0.565. The van der Waals surface area contributed by atoms with Crippen LogP contribution >= 0.6 is 0 Å². The van der Waals surface area contributed by atoms with E-state index in [1.807, 2.05) is 45.4 Å². The van der Waals surface area contributed by atoms with E-state index in [4.69, 9.17) is 9.72 Å². The molecule has 0 saturated carbocycles. The van der Waals surface area contributed by atoms with Crippen molar-refractivity contribution in [3.8, 4) is 17.1 Å². The first-order chi connectivity index (χ1) is 14.7. The lowest BCUT2D eigenvalue weighted by atomic mass is 10.0. The van der Waals surface area contributed by atoms with Crippen molar-refractivity contribution in [2.75, 3.05) is 19.5 Å². The minimum atomic E-state index is -3.47. The second-order valence-corrected chi connectivity index (χ2v) is 9.80. The van der Waals surface area contributed by atoms with Gasteiger partial charge in [-0.05, 0) is 56.9 Å². The lowest BCUT2D eigenvalue weighted by Gasteiger charge is -2.17. The monoisotopic (exact) mass is 445 g/mol. The number of aliphatic hydroxyl groups is 1. The van der Waals surface area contributed by atoms with E-state index in [0.29, 0.717) is 42.3 Å². The number of nitrogens with zero attached hydrogens (tertiary/aromatic N) is 3. The summed E-state index contributed by atoms with van der Waals surface area (Å²) >= 11 is 0. The maximum Gasteiger partial charge on any atom is 0.223 e. The third-order valence-electron chi connectivity index (χ3n) is 5.48. The van der Waals surface area contributed by atoms with Crippen LogP contribution in [-0.4, -0.2) is 47.5 Å². The number of aliphatic hydroxyl groups excluding tert-OH is 1. The smallest absolute Gasteiger partial charge is 0.223 e. The minimum absolute atomic E-state index is 0.0288. The number of hydrogen-bond acceptors (Lipinski definition) is 6. The fourth-order valence-corrected chi connectivity index (χ4v) is 4.78. The highest BCUT2D eigenvalue weighted by Crippen LogP contribution is 2.36. The van der Waals surface area contributed by atoms with Gasteiger partial charge in [-0.2, -0.15) is 0 Å². The highest BCUT2D eigenvalue weighted by molar-refractivity contribution is 7.90. The summed E-state index contributed by atoms with van der Waals surface area (Å²) in [4.78, 5) is 9.73. The fraction of sp³-hybridized carbons (Fsp3) is 0.478. The summed E-state index contributed by atoms with van der Waals surface area (Å²) in [6.45, 7) is 10.2. The third kappa shape index (κ3) is 4.32. The molecular formula is C23H31N3O4S. The van der Waals surface area contributed by atoms with E-state index in [9.17, 15) is 13.5 Å². The van der Waals surface area contributed by atoms with Crippen LogP contribution in [0.5, 0.6) is 5.88 Å². The van der Waals surface area contributed by atoms with E-state index in [-0.39, 0.29) is 17.5 Å². The Morgan fingerprint density at radius 3 is 2.42 bits per heavy atom. The second kappa shape index (κ2) is 8.96. The van der Waals surface area contributed by atoms with Crippen LogP contribution in [0.1, 0.15) is 50.6 Å². The highest BCUT2D eigenvalue weighted by Gasteiger charge is 2.23. The molecule has 0 aliphatic heterocycles. The first kappa shape index (κ1) is 23.2. The maximum absolute atomic E-state index is 12.5. The van der Waals surface area contributed by atoms with Gasteiger partial charge in [-0.25, -0.2) is 18.4 Å². The van der Waals surface area contributed by atoms with E-state index >= 15 is 0 Å². The molecule has 0 saturated heterocycles. The predicted octanol–water partition coefficient (Wildman–Crippen LogP) is 3.89. The molecule has 168 valence electrons. The average molecular weight is 446 g/mol. The molecule has 0 bridgehead atoms. The van der Waals surface area contributed by atoms with Crippen molar-refractivity contribution in [1.82, 2.24) is 14.5 Å². The van der Waals surface area contributed by atoms with Crippen LogP contribution in [0.15, 0.2) is 23.2 Å². The summed E-state index contributed by atoms with van der Waals surface area (Å²) in [6.07, 6.45) is 4.37. The number of rotatable bonds is 8. The summed E-state index contributed by atoms with van der Waals surface area (Å²) in [5.74, 6) is 0.397. The van der Waals surface area contributed by atoms with Crippen molar-refractivity contribution >= 4 is 20.9 Å². The van der Waals surface area contributed by atoms with Gasteiger partial charge in [0.15, 0.2) is 9.84 Å².